The summed E-state index contributed by atoms with van der Waals surface area (Å²) in [6, 6.07) is 10.7. The highest BCUT2D eigenvalue weighted by molar-refractivity contribution is 7.90. The molecule has 0 saturated heterocycles. The fourth-order valence-electron chi connectivity index (χ4n) is 1.30. The number of halogens is 1. The van der Waals surface area contributed by atoms with E-state index in [2.05, 4.69) is 15.3 Å². The molecular weight excluding hydrogens is 274 g/mol. The largest absolute Gasteiger partial charge is 0.340 e. The minimum absolute atomic E-state index is 0.0730. The zero-order valence-electron chi connectivity index (χ0n) is 9.46. The van der Waals surface area contributed by atoms with Crippen LogP contribution < -0.4 is 5.32 Å². The lowest BCUT2D eigenvalue weighted by molar-refractivity contribution is 0.593. The standard InChI is InChI=1S/C11H10ClN3O2S/c1-18(16,17)11-14-9(12)7-10(15-11)13-8-5-3-2-4-6-8/h2-7H,1H3,(H,13,14,15). The monoisotopic (exact) mass is 283 g/mol. The summed E-state index contributed by atoms with van der Waals surface area (Å²) in [6.45, 7) is 0. The van der Waals surface area contributed by atoms with Crippen molar-refractivity contribution in [3.05, 3.63) is 41.6 Å². The van der Waals surface area contributed by atoms with Crippen LogP contribution in [0.3, 0.4) is 0 Å². The normalized spacial score (nSPS) is 11.2. The van der Waals surface area contributed by atoms with Gasteiger partial charge in [0.1, 0.15) is 11.0 Å². The minimum Gasteiger partial charge on any atom is -0.340 e. The second-order valence-corrected chi connectivity index (χ2v) is 5.92. The quantitative estimate of drug-likeness (QED) is 0.691. The molecule has 0 saturated carbocycles. The number of hydrogen-bond donors (Lipinski definition) is 1. The van der Waals surface area contributed by atoms with Crippen LogP contribution in [0, 0.1) is 0 Å². The molecule has 0 radical (unpaired) electrons. The maximum Gasteiger partial charge on any atom is 0.250 e. The molecule has 0 aliphatic rings. The maximum absolute atomic E-state index is 11.4. The van der Waals surface area contributed by atoms with Crippen molar-refractivity contribution in [2.75, 3.05) is 11.6 Å². The van der Waals surface area contributed by atoms with Crippen LogP contribution >= 0.6 is 11.6 Å². The molecule has 1 N–H and O–H groups in total. The van der Waals surface area contributed by atoms with Gasteiger partial charge in [0.2, 0.25) is 15.0 Å². The van der Waals surface area contributed by atoms with Gasteiger partial charge < -0.3 is 5.32 Å². The van der Waals surface area contributed by atoms with Crippen LogP contribution in [0.25, 0.3) is 0 Å². The first-order valence-corrected chi connectivity index (χ1v) is 7.29. The van der Waals surface area contributed by atoms with Gasteiger partial charge in [-0.15, -0.1) is 0 Å². The number of aromatic nitrogens is 2. The third-order valence-corrected chi connectivity index (χ3v) is 3.09. The molecule has 7 heteroatoms. The van der Waals surface area contributed by atoms with Gasteiger partial charge in [0.15, 0.2) is 0 Å². The molecule has 0 amide bonds. The van der Waals surface area contributed by atoms with E-state index in [4.69, 9.17) is 11.6 Å². The lowest BCUT2D eigenvalue weighted by Gasteiger charge is -2.06. The third kappa shape index (κ3) is 3.18. The summed E-state index contributed by atoms with van der Waals surface area (Å²) in [7, 11) is -3.49. The van der Waals surface area contributed by atoms with Crippen LogP contribution in [-0.2, 0) is 9.84 Å². The summed E-state index contributed by atoms with van der Waals surface area (Å²) < 4.78 is 22.8. The number of rotatable bonds is 3. The molecule has 0 aliphatic carbocycles. The third-order valence-electron chi connectivity index (χ3n) is 2.05. The molecule has 94 valence electrons. The Morgan fingerprint density at radius 1 is 1.17 bits per heavy atom. The smallest absolute Gasteiger partial charge is 0.250 e. The van der Waals surface area contributed by atoms with Crippen molar-refractivity contribution >= 4 is 32.9 Å². The molecule has 0 aliphatic heterocycles. The molecule has 0 atom stereocenters. The fourth-order valence-corrected chi connectivity index (χ4v) is 2.06. The number of benzene rings is 1. The van der Waals surface area contributed by atoms with Crippen LogP contribution in [0.1, 0.15) is 0 Å². The zero-order valence-corrected chi connectivity index (χ0v) is 11.0. The fraction of sp³-hybridized carbons (Fsp3) is 0.0909. The zero-order chi connectivity index (χ0) is 13.2. The Morgan fingerprint density at radius 2 is 1.83 bits per heavy atom. The Morgan fingerprint density at radius 3 is 2.44 bits per heavy atom. The molecule has 0 fully saturated rings. The molecule has 2 aromatic rings. The summed E-state index contributed by atoms with van der Waals surface area (Å²) in [5.41, 5.74) is 0.784. The molecule has 1 heterocycles. The number of para-hydroxylation sites is 1. The van der Waals surface area contributed by atoms with Gasteiger partial charge in [-0.05, 0) is 12.1 Å². The first-order chi connectivity index (χ1) is 8.45. The van der Waals surface area contributed by atoms with Crippen molar-refractivity contribution in [1.82, 2.24) is 9.97 Å². The van der Waals surface area contributed by atoms with E-state index in [9.17, 15) is 8.42 Å². The minimum atomic E-state index is -3.49. The Bertz CT molecular complexity index is 659. The van der Waals surface area contributed by atoms with Gasteiger partial charge in [-0.25, -0.2) is 18.4 Å². The van der Waals surface area contributed by atoms with Crippen LogP contribution in [0.4, 0.5) is 11.5 Å². The van der Waals surface area contributed by atoms with Crippen molar-refractivity contribution in [3.63, 3.8) is 0 Å². The average molecular weight is 284 g/mol. The molecule has 0 spiro atoms. The SMILES string of the molecule is CS(=O)(=O)c1nc(Cl)cc(Nc2ccccc2)n1. The van der Waals surface area contributed by atoms with Crippen LogP contribution in [0.15, 0.2) is 41.6 Å². The van der Waals surface area contributed by atoms with E-state index in [-0.39, 0.29) is 10.3 Å². The molecule has 0 unspecified atom stereocenters. The van der Waals surface area contributed by atoms with E-state index >= 15 is 0 Å². The second-order valence-electron chi connectivity index (χ2n) is 3.62. The van der Waals surface area contributed by atoms with Crippen molar-refractivity contribution in [1.29, 1.82) is 0 Å². The van der Waals surface area contributed by atoms with Gasteiger partial charge in [-0.2, -0.15) is 0 Å². The molecule has 18 heavy (non-hydrogen) atoms. The molecule has 0 bridgehead atoms. The lowest BCUT2D eigenvalue weighted by Crippen LogP contribution is -2.06. The Hall–Kier alpha value is -1.66. The Balaban J connectivity index is 2.38. The topological polar surface area (TPSA) is 72.0 Å². The highest BCUT2D eigenvalue weighted by Crippen LogP contribution is 2.18. The number of hydrogen-bond acceptors (Lipinski definition) is 5. The molecule has 5 nitrogen and oxygen atoms in total. The number of nitrogens with zero attached hydrogens (tertiary/aromatic N) is 2. The van der Waals surface area contributed by atoms with Crippen molar-refractivity contribution in [2.45, 2.75) is 5.16 Å². The predicted octanol–water partition coefficient (Wildman–Crippen LogP) is 2.28. The van der Waals surface area contributed by atoms with Crippen molar-refractivity contribution < 1.29 is 8.42 Å². The van der Waals surface area contributed by atoms with Crippen molar-refractivity contribution in [3.8, 4) is 0 Å². The summed E-state index contributed by atoms with van der Waals surface area (Å²) >= 11 is 5.77. The summed E-state index contributed by atoms with van der Waals surface area (Å²) in [5.74, 6) is 0.335. The van der Waals surface area contributed by atoms with E-state index < -0.39 is 9.84 Å². The van der Waals surface area contributed by atoms with Crippen LogP contribution in [0.2, 0.25) is 5.15 Å². The molecule has 1 aromatic carbocycles. The Labute approximate surface area is 110 Å². The van der Waals surface area contributed by atoms with Gasteiger partial charge in [0, 0.05) is 18.0 Å². The molecule has 2 rings (SSSR count). The van der Waals surface area contributed by atoms with E-state index in [1.165, 1.54) is 6.07 Å². The van der Waals surface area contributed by atoms with Gasteiger partial charge in [-0.3, -0.25) is 0 Å². The predicted molar refractivity (Wildman–Crippen MR) is 69.9 cm³/mol. The highest BCUT2D eigenvalue weighted by Gasteiger charge is 2.13. The van der Waals surface area contributed by atoms with E-state index in [0.717, 1.165) is 11.9 Å². The maximum atomic E-state index is 11.4. The number of nitrogens with one attached hydrogen (secondary N) is 1. The Kier molecular flexibility index (Phi) is 3.49. The lowest BCUT2D eigenvalue weighted by atomic mass is 10.3. The van der Waals surface area contributed by atoms with Gasteiger partial charge >= 0.3 is 0 Å². The van der Waals surface area contributed by atoms with Gasteiger partial charge in [0.05, 0.1) is 0 Å². The number of anilines is 2. The first-order valence-electron chi connectivity index (χ1n) is 5.02. The molecule has 1 aromatic heterocycles. The van der Waals surface area contributed by atoms with E-state index in [1.807, 2.05) is 30.3 Å². The summed E-state index contributed by atoms with van der Waals surface area (Å²) in [6.07, 6.45) is 1.03. The summed E-state index contributed by atoms with van der Waals surface area (Å²) in [4.78, 5) is 7.58. The number of sulfone groups is 1. The summed E-state index contributed by atoms with van der Waals surface area (Å²) in [5, 5.41) is 2.73. The highest BCUT2D eigenvalue weighted by atomic mass is 35.5. The second kappa shape index (κ2) is 4.91. The van der Waals surface area contributed by atoms with E-state index in [0.29, 0.717) is 5.82 Å². The van der Waals surface area contributed by atoms with Crippen LogP contribution in [0.5, 0.6) is 0 Å². The molecular formula is C11H10ClN3O2S. The average Bonchev–Trinajstić information content (AvgIpc) is 2.28. The van der Waals surface area contributed by atoms with Gasteiger partial charge in [0.25, 0.3) is 0 Å². The van der Waals surface area contributed by atoms with Crippen LogP contribution in [-0.4, -0.2) is 24.6 Å². The first kappa shape index (κ1) is 12.8. The van der Waals surface area contributed by atoms with Crippen molar-refractivity contribution in [2.24, 2.45) is 0 Å². The van der Waals surface area contributed by atoms with E-state index in [1.54, 1.807) is 0 Å². The van der Waals surface area contributed by atoms with Gasteiger partial charge in [-0.1, -0.05) is 29.8 Å².